The molecule has 2 aromatic rings. The average Bonchev–Trinajstić information content (AvgIpc) is 3.27. The monoisotopic (exact) mass is 378 g/mol. The van der Waals surface area contributed by atoms with Crippen molar-refractivity contribution in [1.82, 2.24) is 0 Å². The number of imide groups is 1. The molecule has 0 radical (unpaired) electrons. The molecule has 2 atom stereocenters. The number of ether oxygens (including phenoxy) is 2. The van der Waals surface area contributed by atoms with Gasteiger partial charge in [-0.05, 0) is 30.3 Å². The van der Waals surface area contributed by atoms with Gasteiger partial charge in [0.25, 0.3) is 5.91 Å². The molecule has 1 saturated heterocycles. The van der Waals surface area contributed by atoms with Crippen LogP contribution in [0.4, 0.5) is 5.69 Å². The van der Waals surface area contributed by atoms with Crippen molar-refractivity contribution in [1.29, 1.82) is 0 Å². The first-order valence-corrected chi connectivity index (χ1v) is 8.74. The van der Waals surface area contributed by atoms with Gasteiger partial charge in [0.15, 0.2) is 11.5 Å². The van der Waals surface area contributed by atoms with Crippen LogP contribution in [0.2, 0.25) is 0 Å². The predicted molar refractivity (Wildman–Crippen MR) is 103 cm³/mol. The molecule has 2 aliphatic heterocycles. The fraction of sp³-hybridized carbons (Fsp3) is 0.190. The zero-order valence-electron chi connectivity index (χ0n) is 15.2. The van der Waals surface area contributed by atoms with Crippen LogP contribution < -0.4 is 14.4 Å². The van der Waals surface area contributed by atoms with Crippen molar-refractivity contribution in [3.63, 3.8) is 0 Å². The van der Waals surface area contributed by atoms with Gasteiger partial charge in [-0.1, -0.05) is 36.0 Å². The fourth-order valence-electron chi connectivity index (χ4n) is 3.34. The largest absolute Gasteiger partial charge is 0.493 e. The first-order valence-electron chi connectivity index (χ1n) is 8.74. The molecule has 0 saturated carbocycles. The molecule has 2 amide bonds. The second-order valence-electron chi connectivity index (χ2n) is 6.29. The second kappa shape index (κ2) is 7.19. The minimum Gasteiger partial charge on any atom is -0.493 e. The number of carbonyl (C=O) groups is 2. The molecular formula is C21H18N2O5. The third-order valence-corrected chi connectivity index (χ3v) is 4.64. The molecule has 7 nitrogen and oxygen atoms in total. The molecular weight excluding hydrogens is 360 g/mol. The van der Waals surface area contributed by atoms with E-state index in [2.05, 4.69) is 11.7 Å². The van der Waals surface area contributed by atoms with E-state index in [1.807, 2.05) is 6.07 Å². The number of amides is 2. The Morgan fingerprint density at radius 2 is 1.93 bits per heavy atom. The summed E-state index contributed by atoms with van der Waals surface area (Å²) < 4.78 is 10.9. The van der Waals surface area contributed by atoms with Crippen LogP contribution in [0, 0.1) is 5.92 Å². The van der Waals surface area contributed by atoms with Crippen molar-refractivity contribution in [3.8, 4) is 11.5 Å². The molecule has 28 heavy (non-hydrogen) atoms. The maximum atomic E-state index is 13.0. The summed E-state index contributed by atoms with van der Waals surface area (Å²) in [6.07, 6.45) is 0.679. The number of hydrogen-bond donors (Lipinski definition) is 0. The Morgan fingerprint density at radius 1 is 1.14 bits per heavy atom. The number of nitrogens with zero attached hydrogens (tertiary/aromatic N) is 2. The fourth-order valence-corrected chi connectivity index (χ4v) is 3.34. The summed E-state index contributed by atoms with van der Waals surface area (Å²) in [7, 11) is 1.52. The minimum atomic E-state index is -0.953. The highest BCUT2D eigenvalue weighted by atomic mass is 16.7. The summed E-state index contributed by atoms with van der Waals surface area (Å²) in [5, 5.41) is 4.02. The predicted octanol–water partition coefficient (Wildman–Crippen LogP) is 2.55. The van der Waals surface area contributed by atoms with E-state index in [1.165, 1.54) is 7.11 Å². The molecule has 4 rings (SSSR count). The summed E-state index contributed by atoms with van der Waals surface area (Å²) in [4.78, 5) is 32.2. The maximum Gasteiger partial charge on any atom is 0.278 e. The zero-order valence-corrected chi connectivity index (χ0v) is 15.2. The topological polar surface area (TPSA) is 77.4 Å². The number of rotatable bonds is 6. The SMILES string of the molecule is C=CCOc1ccc(C2=NO[C@H]3C(=O)N(c4ccccc4)C(=O)[C@@H]23)cc1OC. The highest BCUT2D eigenvalue weighted by Gasteiger charge is 2.56. The van der Waals surface area contributed by atoms with Crippen molar-refractivity contribution in [3.05, 3.63) is 66.7 Å². The number of methoxy groups -OCH3 is 1. The maximum absolute atomic E-state index is 13.0. The molecule has 142 valence electrons. The quantitative estimate of drug-likeness (QED) is 0.570. The first kappa shape index (κ1) is 17.8. The lowest BCUT2D eigenvalue weighted by Crippen LogP contribution is -2.33. The van der Waals surface area contributed by atoms with Gasteiger partial charge in [-0.15, -0.1) is 0 Å². The number of para-hydroxylation sites is 1. The summed E-state index contributed by atoms with van der Waals surface area (Å²) >= 11 is 0. The van der Waals surface area contributed by atoms with E-state index < -0.39 is 17.9 Å². The van der Waals surface area contributed by atoms with Crippen molar-refractivity contribution in [2.75, 3.05) is 18.6 Å². The number of anilines is 1. The number of hydrogen-bond acceptors (Lipinski definition) is 6. The van der Waals surface area contributed by atoms with Gasteiger partial charge in [-0.3, -0.25) is 9.59 Å². The van der Waals surface area contributed by atoms with Crippen LogP contribution in [0.1, 0.15) is 5.56 Å². The van der Waals surface area contributed by atoms with E-state index in [-0.39, 0.29) is 5.91 Å². The summed E-state index contributed by atoms with van der Waals surface area (Å²) in [5.74, 6) is -0.539. The van der Waals surface area contributed by atoms with E-state index in [9.17, 15) is 9.59 Å². The lowest BCUT2D eigenvalue weighted by Gasteiger charge is -2.15. The molecule has 2 aliphatic rings. The van der Waals surface area contributed by atoms with Crippen LogP contribution in [0.5, 0.6) is 11.5 Å². The number of carbonyl (C=O) groups excluding carboxylic acids is 2. The summed E-state index contributed by atoms with van der Waals surface area (Å²) in [5.41, 5.74) is 1.54. The van der Waals surface area contributed by atoms with E-state index in [4.69, 9.17) is 14.3 Å². The van der Waals surface area contributed by atoms with Crippen molar-refractivity contribution < 1.29 is 23.9 Å². The van der Waals surface area contributed by atoms with Crippen LogP contribution in [-0.4, -0.2) is 37.3 Å². The van der Waals surface area contributed by atoms with Crippen LogP contribution in [0.25, 0.3) is 0 Å². The number of benzene rings is 2. The molecule has 2 aromatic carbocycles. The van der Waals surface area contributed by atoms with Gasteiger partial charge in [0, 0.05) is 5.56 Å². The first-order chi connectivity index (χ1) is 13.7. The minimum absolute atomic E-state index is 0.337. The van der Waals surface area contributed by atoms with Gasteiger partial charge in [-0.2, -0.15) is 0 Å². The molecule has 0 spiro atoms. The van der Waals surface area contributed by atoms with Gasteiger partial charge >= 0.3 is 0 Å². The molecule has 7 heteroatoms. The normalized spacial score (nSPS) is 20.5. The van der Waals surface area contributed by atoms with Gasteiger partial charge in [-0.25, -0.2) is 4.90 Å². The van der Waals surface area contributed by atoms with E-state index in [1.54, 1.807) is 48.5 Å². The van der Waals surface area contributed by atoms with Crippen LogP contribution >= 0.6 is 0 Å². The number of fused-ring (bicyclic) bond motifs is 1. The van der Waals surface area contributed by atoms with Crippen molar-refractivity contribution in [2.24, 2.45) is 11.1 Å². The molecule has 0 aliphatic carbocycles. The van der Waals surface area contributed by atoms with Crippen molar-refractivity contribution in [2.45, 2.75) is 6.10 Å². The third kappa shape index (κ3) is 2.81. The van der Waals surface area contributed by atoms with Gasteiger partial charge in [0.2, 0.25) is 12.0 Å². The summed E-state index contributed by atoms with van der Waals surface area (Å²) in [6, 6.07) is 14.0. The molecule has 0 N–H and O–H groups in total. The Hall–Kier alpha value is -3.61. The highest BCUT2D eigenvalue weighted by Crippen LogP contribution is 2.37. The Balaban J connectivity index is 1.65. The lowest BCUT2D eigenvalue weighted by molar-refractivity contribution is -0.126. The van der Waals surface area contributed by atoms with E-state index in [0.29, 0.717) is 35.1 Å². The molecule has 2 heterocycles. The van der Waals surface area contributed by atoms with Crippen LogP contribution in [0.15, 0.2) is 66.3 Å². The average molecular weight is 378 g/mol. The molecule has 1 fully saturated rings. The molecule has 0 aromatic heterocycles. The van der Waals surface area contributed by atoms with Gasteiger partial charge in [0.05, 0.1) is 12.8 Å². The third-order valence-electron chi connectivity index (χ3n) is 4.64. The van der Waals surface area contributed by atoms with Crippen molar-refractivity contribution >= 4 is 23.2 Å². The molecule has 0 bridgehead atoms. The molecule has 0 unspecified atom stereocenters. The van der Waals surface area contributed by atoms with E-state index >= 15 is 0 Å². The second-order valence-corrected chi connectivity index (χ2v) is 6.29. The lowest BCUT2D eigenvalue weighted by atomic mass is 9.94. The number of oxime groups is 1. The Bertz CT molecular complexity index is 970. The Kier molecular flexibility index (Phi) is 4.57. The van der Waals surface area contributed by atoms with Crippen LogP contribution in [0.3, 0.4) is 0 Å². The Labute approximate surface area is 161 Å². The highest BCUT2D eigenvalue weighted by molar-refractivity contribution is 6.32. The zero-order chi connectivity index (χ0) is 19.7. The van der Waals surface area contributed by atoms with Crippen LogP contribution in [-0.2, 0) is 14.4 Å². The van der Waals surface area contributed by atoms with E-state index in [0.717, 1.165) is 4.90 Å². The van der Waals surface area contributed by atoms with Gasteiger partial charge < -0.3 is 14.3 Å². The Morgan fingerprint density at radius 3 is 2.64 bits per heavy atom. The smallest absolute Gasteiger partial charge is 0.278 e. The standard InChI is InChI=1S/C21H18N2O5/c1-3-11-27-15-10-9-13(12-16(15)26-2)18-17-19(28-22-18)21(25)23(20(17)24)14-7-5-4-6-8-14/h3-10,12,17,19H,1,11H2,2H3/t17-,19+/m0/s1. The van der Waals surface area contributed by atoms with Gasteiger partial charge in [0.1, 0.15) is 18.2 Å². The summed E-state index contributed by atoms with van der Waals surface area (Å²) in [6.45, 7) is 3.96.